The van der Waals surface area contributed by atoms with Crippen LogP contribution in [0.1, 0.15) is 19.4 Å². The molecule has 1 aliphatic heterocycles. The Hall–Kier alpha value is -3.35. The molecule has 2 aromatic rings. The highest BCUT2D eigenvalue weighted by Gasteiger charge is 2.43. The number of anilines is 2. The molecule has 0 bridgehead atoms. The number of carbonyl (C=O) groups excluding carboxylic acids is 3. The van der Waals surface area contributed by atoms with Crippen LogP contribution in [0.5, 0.6) is 5.75 Å². The second-order valence-corrected chi connectivity index (χ2v) is 6.95. The first-order chi connectivity index (χ1) is 13.3. The summed E-state index contributed by atoms with van der Waals surface area (Å²) in [5, 5.41) is 2.79. The third kappa shape index (κ3) is 3.83. The van der Waals surface area contributed by atoms with E-state index in [1.165, 1.54) is 4.90 Å². The van der Waals surface area contributed by atoms with Crippen molar-refractivity contribution < 1.29 is 23.9 Å². The average molecular weight is 382 g/mol. The molecule has 1 aliphatic rings. The topological polar surface area (TPSA) is 84.9 Å². The summed E-state index contributed by atoms with van der Waals surface area (Å²) in [5.74, 6) is -0.665. The van der Waals surface area contributed by atoms with Crippen LogP contribution in [0.2, 0.25) is 0 Å². The molecule has 28 heavy (non-hydrogen) atoms. The molecule has 0 aliphatic carbocycles. The zero-order valence-electron chi connectivity index (χ0n) is 16.0. The molecule has 146 valence electrons. The molecule has 0 spiro atoms. The molecule has 0 saturated heterocycles. The molecule has 0 saturated carbocycles. The van der Waals surface area contributed by atoms with E-state index in [0.717, 1.165) is 5.56 Å². The van der Waals surface area contributed by atoms with Crippen molar-refractivity contribution in [2.24, 2.45) is 0 Å². The van der Waals surface area contributed by atoms with Gasteiger partial charge < -0.3 is 14.8 Å². The lowest BCUT2D eigenvalue weighted by molar-refractivity contribution is -0.147. The van der Waals surface area contributed by atoms with Crippen molar-refractivity contribution in [2.75, 3.05) is 23.9 Å². The Balaban J connectivity index is 1.70. The highest BCUT2D eigenvalue weighted by Crippen LogP contribution is 2.36. The highest BCUT2D eigenvalue weighted by molar-refractivity contribution is 6.14. The fourth-order valence-corrected chi connectivity index (χ4v) is 3.11. The fraction of sp³-hybridized carbons (Fsp3) is 0.286. The van der Waals surface area contributed by atoms with Gasteiger partial charge in [-0.05, 0) is 43.7 Å². The highest BCUT2D eigenvalue weighted by atomic mass is 16.5. The van der Waals surface area contributed by atoms with Crippen LogP contribution in [0.3, 0.4) is 0 Å². The Morgan fingerprint density at radius 1 is 1.11 bits per heavy atom. The number of rotatable bonds is 5. The molecule has 7 heteroatoms. The molecule has 0 aromatic heterocycles. The van der Waals surface area contributed by atoms with Gasteiger partial charge >= 0.3 is 5.97 Å². The number of carbonyl (C=O) groups is 3. The molecule has 3 rings (SSSR count). The standard InChI is InChI=1S/C21H22N2O5/c1-21(2)20(26)22-16-9-4-5-10-17(16)23(21)18(24)13-28-19(25)12-14-7-6-8-15(11-14)27-3/h4-11H,12-13H2,1-3H3,(H,22,26). The van der Waals surface area contributed by atoms with Crippen LogP contribution in [-0.2, 0) is 25.5 Å². The number of nitrogens with one attached hydrogen (secondary N) is 1. The Morgan fingerprint density at radius 3 is 2.61 bits per heavy atom. The Morgan fingerprint density at radius 2 is 1.86 bits per heavy atom. The summed E-state index contributed by atoms with van der Waals surface area (Å²) >= 11 is 0. The molecule has 0 unspecified atom stereocenters. The normalized spacial score (nSPS) is 14.7. The molecule has 7 nitrogen and oxygen atoms in total. The van der Waals surface area contributed by atoms with Gasteiger partial charge in [0.15, 0.2) is 6.61 Å². The number of methoxy groups -OCH3 is 1. The zero-order valence-corrected chi connectivity index (χ0v) is 16.0. The van der Waals surface area contributed by atoms with E-state index in [4.69, 9.17) is 9.47 Å². The Bertz CT molecular complexity index is 923. The average Bonchev–Trinajstić information content (AvgIpc) is 2.67. The number of ether oxygens (including phenoxy) is 2. The van der Waals surface area contributed by atoms with Crippen molar-refractivity contribution in [1.82, 2.24) is 0 Å². The van der Waals surface area contributed by atoms with Gasteiger partial charge in [-0.15, -0.1) is 0 Å². The first-order valence-electron chi connectivity index (χ1n) is 8.85. The molecule has 0 atom stereocenters. The van der Waals surface area contributed by atoms with E-state index in [0.29, 0.717) is 17.1 Å². The minimum atomic E-state index is -1.11. The van der Waals surface area contributed by atoms with Gasteiger partial charge in [0, 0.05) is 0 Å². The first kappa shape index (κ1) is 19.4. The van der Waals surface area contributed by atoms with Gasteiger partial charge in [0.2, 0.25) is 5.91 Å². The van der Waals surface area contributed by atoms with Gasteiger partial charge in [0.05, 0.1) is 24.9 Å². The van der Waals surface area contributed by atoms with E-state index in [1.54, 1.807) is 69.5 Å². The predicted molar refractivity (Wildman–Crippen MR) is 104 cm³/mol. The maximum Gasteiger partial charge on any atom is 0.310 e. The third-order valence-electron chi connectivity index (χ3n) is 4.60. The van der Waals surface area contributed by atoms with Crippen LogP contribution in [0.15, 0.2) is 48.5 Å². The van der Waals surface area contributed by atoms with E-state index in [2.05, 4.69) is 5.32 Å². The summed E-state index contributed by atoms with van der Waals surface area (Å²) in [4.78, 5) is 38.8. The van der Waals surface area contributed by atoms with Crippen molar-refractivity contribution >= 4 is 29.2 Å². The van der Waals surface area contributed by atoms with Gasteiger partial charge in [-0.2, -0.15) is 0 Å². The van der Waals surface area contributed by atoms with Crippen LogP contribution in [0.4, 0.5) is 11.4 Å². The minimum absolute atomic E-state index is 0.0188. The number of hydrogen-bond donors (Lipinski definition) is 1. The monoisotopic (exact) mass is 382 g/mol. The number of hydrogen-bond acceptors (Lipinski definition) is 5. The van der Waals surface area contributed by atoms with E-state index >= 15 is 0 Å². The van der Waals surface area contributed by atoms with Crippen LogP contribution >= 0.6 is 0 Å². The van der Waals surface area contributed by atoms with Gasteiger partial charge in [-0.1, -0.05) is 24.3 Å². The summed E-state index contributed by atoms with van der Waals surface area (Å²) in [7, 11) is 1.55. The second-order valence-electron chi connectivity index (χ2n) is 6.95. The fourth-order valence-electron chi connectivity index (χ4n) is 3.11. The maximum absolute atomic E-state index is 12.8. The third-order valence-corrected chi connectivity index (χ3v) is 4.60. The lowest BCUT2D eigenvalue weighted by Gasteiger charge is -2.41. The maximum atomic E-state index is 12.8. The second kappa shape index (κ2) is 7.72. The lowest BCUT2D eigenvalue weighted by Crippen LogP contribution is -2.59. The van der Waals surface area contributed by atoms with Crippen molar-refractivity contribution in [3.63, 3.8) is 0 Å². The summed E-state index contributed by atoms with van der Waals surface area (Å²) < 4.78 is 10.3. The van der Waals surface area contributed by atoms with Crippen LogP contribution in [0.25, 0.3) is 0 Å². The summed E-state index contributed by atoms with van der Waals surface area (Å²) in [5.41, 5.74) is 0.730. The van der Waals surface area contributed by atoms with E-state index in [9.17, 15) is 14.4 Å². The number of para-hydroxylation sites is 2. The van der Waals surface area contributed by atoms with E-state index < -0.39 is 24.0 Å². The SMILES string of the molecule is COc1cccc(CC(=O)OCC(=O)N2c3ccccc3NC(=O)C2(C)C)c1. The van der Waals surface area contributed by atoms with Crippen molar-refractivity contribution in [3.05, 3.63) is 54.1 Å². The molecule has 2 aromatic carbocycles. The number of amides is 2. The van der Waals surface area contributed by atoms with Gasteiger partial charge in [0.25, 0.3) is 5.91 Å². The molecule has 1 heterocycles. The molecule has 1 N–H and O–H groups in total. The number of esters is 1. The van der Waals surface area contributed by atoms with Gasteiger partial charge in [-0.25, -0.2) is 0 Å². The largest absolute Gasteiger partial charge is 0.497 e. The van der Waals surface area contributed by atoms with Crippen LogP contribution in [0, 0.1) is 0 Å². The van der Waals surface area contributed by atoms with Gasteiger partial charge in [0.1, 0.15) is 11.3 Å². The predicted octanol–water partition coefficient (Wildman–Crippen LogP) is 2.54. The Labute approximate surface area is 163 Å². The van der Waals surface area contributed by atoms with Crippen molar-refractivity contribution in [3.8, 4) is 5.75 Å². The zero-order chi connectivity index (χ0) is 20.3. The Kier molecular flexibility index (Phi) is 5.35. The summed E-state index contributed by atoms with van der Waals surface area (Å²) in [6, 6.07) is 14.1. The molecule has 0 radical (unpaired) electrons. The quantitative estimate of drug-likeness (QED) is 0.804. The molecule has 0 fully saturated rings. The van der Waals surface area contributed by atoms with Crippen molar-refractivity contribution in [1.29, 1.82) is 0 Å². The number of fused-ring (bicyclic) bond motifs is 1. The van der Waals surface area contributed by atoms with Gasteiger partial charge in [-0.3, -0.25) is 19.3 Å². The molecular formula is C21H22N2O5. The smallest absolute Gasteiger partial charge is 0.310 e. The molecular weight excluding hydrogens is 360 g/mol. The van der Waals surface area contributed by atoms with Crippen molar-refractivity contribution in [2.45, 2.75) is 25.8 Å². The van der Waals surface area contributed by atoms with E-state index in [-0.39, 0.29) is 12.3 Å². The minimum Gasteiger partial charge on any atom is -0.497 e. The number of nitrogens with zero attached hydrogens (tertiary/aromatic N) is 1. The summed E-state index contributed by atoms with van der Waals surface area (Å²) in [6.07, 6.45) is 0.0188. The van der Waals surface area contributed by atoms with Crippen LogP contribution in [-0.4, -0.2) is 37.0 Å². The number of benzene rings is 2. The summed E-state index contributed by atoms with van der Waals surface area (Å²) in [6.45, 7) is 2.84. The lowest BCUT2D eigenvalue weighted by atomic mass is 9.96. The molecule has 2 amide bonds. The first-order valence-corrected chi connectivity index (χ1v) is 8.85. The van der Waals surface area contributed by atoms with Crippen LogP contribution < -0.4 is 15.0 Å². The van der Waals surface area contributed by atoms with E-state index in [1.807, 2.05) is 0 Å².